The second kappa shape index (κ2) is 9.40. The number of amides is 3. The van der Waals surface area contributed by atoms with Crippen molar-refractivity contribution in [2.75, 3.05) is 31.6 Å². The lowest BCUT2D eigenvalue weighted by atomic mass is 9.77. The molecule has 0 aromatic heterocycles. The van der Waals surface area contributed by atoms with Crippen LogP contribution in [-0.2, 0) is 19.1 Å². The number of aliphatic hydroxyl groups excluding tert-OH is 1. The molecule has 0 bridgehead atoms. The van der Waals surface area contributed by atoms with Crippen LogP contribution in [0.15, 0.2) is 42.5 Å². The van der Waals surface area contributed by atoms with E-state index in [4.69, 9.17) is 4.74 Å². The standard InChI is InChI=1S/C29H37N3O5/c1-6-18(3)21(16-33)32-25-28(36)31(20-15-17(2)10-11-19(20)4)14-8-12-29(25)24(27(32)35)23-22(37-29)9-7-13-30(5)26(23)34/h7-12,15,18,21-25,33H,6,13-14,16H2,1-5H3/t18-,21-,22+,23-,24-,25?,29-/m0/s1. The summed E-state index contributed by atoms with van der Waals surface area (Å²) in [6, 6.07) is 4.41. The molecule has 2 fully saturated rings. The Balaban J connectivity index is 1.69. The predicted octanol–water partition coefficient (Wildman–Crippen LogP) is 2.22. The van der Waals surface area contributed by atoms with E-state index in [9.17, 15) is 19.5 Å². The molecule has 1 N–H and O–H groups in total. The van der Waals surface area contributed by atoms with Crippen LogP contribution in [0.3, 0.4) is 0 Å². The fraction of sp³-hybridized carbons (Fsp3) is 0.552. The van der Waals surface area contributed by atoms with Crippen molar-refractivity contribution in [3.8, 4) is 0 Å². The van der Waals surface area contributed by atoms with Crippen molar-refractivity contribution < 1.29 is 24.2 Å². The van der Waals surface area contributed by atoms with Gasteiger partial charge in [0.15, 0.2) is 0 Å². The number of aliphatic hydroxyl groups is 1. The van der Waals surface area contributed by atoms with Crippen LogP contribution in [0.2, 0.25) is 0 Å². The summed E-state index contributed by atoms with van der Waals surface area (Å²) in [5.74, 6) is -2.34. The third-order valence-electron chi connectivity index (χ3n) is 8.80. The van der Waals surface area contributed by atoms with Gasteiger partial charge in [0.05, 0.1) is 30.6 Å². The van der Waals surface area contributed by atoms with Gasteiger partial charge in [0.1, 0.15) is 11.6 Å². The van der Waals surface area contributed by atoms with Gasteiger partial charge in [-0.1, -0.05) is 56.7 Å². The molecule has 4 aliphatic rings. The number of carbonyl (C=O) groups is 3. The highest BCUT2D eigenvalue weighted by atomic mass is 16.5. The highest BCUT2D eigenvalue weighted by Gasteiger charge is 2.72. The van der Waals surface area contributed by atoms with Gasteiger partial charge >= 0.3 is 0 Å². The minimum absolute atomic E-state index is 0.0535. The van der Waals surface area contributed by atoms with Crippen molar-refractivity contribution in [3.63, 3.8) is 0 Å². The van der Waals surface area contributed by atoms with E-state index < -0.39 is 35.6 Å². The maximum Gasteiger partial charge on any atom is 0.253 e. The summed E-state index contributed by atoms with van der Waals surface area (Å²) in [4.78, 5) is 47.3. The number of anilines is 1. The Bertz CT molecular complexity index is 1180. The summed E-state index contributed by atoms with van der Waals surface area (Å²) >= 11 is 0. The number of fused-ring (bicyclic) bond motifs is 2. The van der Waals surface area contributed by atoms with Crippen LogP contribution in [-0.4, -0.2) is 83.2 Å². The Morgan fingerprint density at radius 3 is 2.57 bits per heavy atom. The summed E-state index contributed by atoms with van der Waals surface area (Å²) in [6.07, 6.45) is 7.61. The van der Waals surface area contributed by atoms with Gasteiger partial charge in [0.2, 0.25) is 11.8 Å². The number of likely N-dealkylation sites (tertiary alicyclic amines) is 1. The van der Waals surface area contributed by atoms with Gasteiger partial charge in [-0.05, 0) is 37.0 Å². The number of nitrogens with zero attached hydrogens (tertiary/aromatic N) is 3. The minimum atomic E-state index is -1.30. The van der Waals surface area contributed by atoms with E-state index in [-0.39, 0.29) is 30.2 Å². The Kier molecular flexibility index (Phi) is 6.52. The summed E-state index contributed by atoms with van der Waals surface area (Å²) in [5.41, 5.74) is 1.47. The average Bonchev–Trinajstić information content (AvgIpc) is 3.20. The lowest BCUT2D eigenvalue weighted by Gasteiger charge is -2.40. The summed E-state index contributed by atoms with van der Waals surface area (Å²) in [7, 11) is 1.72. The van der Waals surface area contributed by atoms with Crippen molar-refractivity contribution >= 4 is 23.4 Å². The molecule has 0 radical (unpaired) electrons. The van der Waals surface area contributed by atoms with E-state index in [0.29, 0.717) is 13.1 Å². The lowest BCUT2D eigenvalue weighted by Crippen LogP contribution is -2.59. The van der Waals surface area contributed by atoms with E-state index in [2.05, 4.69) is 0 Å². The SMILES string of the molecule is CC[C@H](C)[C@H](CO)N1C(=O)[C@@H]2[C@H]3C(=O)N(C)CC=C[C@H]3O[C@@]23C=CCN(c2cc(C)ccc2C)C(=O)C13. The second-order valence-corrected chi connectivity index (χ2v) is 11.0. The fourth-order valence-corrected chi connectivity index (χ4v) is 6.60. The van der Waals surface area contributed by atoms with Crippen LogP contribution in [0.25, 0.3) is 0 Å². The van der Waals surface area contributed by atoms with Crippen molar-refractivity contribution in [2.45, 2.75) is 57.9 Å². The number of rotatable bonds is 5. The molecule has 1 spiro atoms. The van der Waals surface area contributed by atoms with Crippen LogP contribution < -0.4 is 4.90 Å². The van der Waals surface area contributed by atoms with Crippen LogP contribution in [0.4, 0.5) is 5.69 Å². The Morgan fingerprint density at radius 1 is 1.11 bits per heavy atom. The van der Waals surface area contributed by atoms with Crippen molar-refractivity contribution in [1.29, 1.82) is 0 Å². The molecule has 2 saturated heterocycles. The third-order valence-corrected chi connectivity index (χ3v) is 8.80. The number of carbonyl (C=O) groups excluding carboxylic acids is 3. The molecule has 37 heavy (non-hydrogen) atoms. The van der Waals surface area contributed by atoms with Crippen molar-refractivity contribution in [3.05, 3.63) is 53.6 Å². The zero-order valence-corrected chi connectivity index (χ0v) is 22.3. The molecule has 3 amide bonds. The largest absolute Gasteiger partial charge is 0.394 e. The molecule has 7 atom stereocenters. The quantitative estimate of drug-likeness (QED) is 0.618. The Morgan fingerprint density at radius 2 is 1.86 bits per heavy atom. The summed E-state index contributed by atoms with van der Waals surface area (Å²) in [5, 5.41) is 10.5. The predicted molar refractivity (Wildman–Crippen MR) is 140 cm³/mol. The fourth-order valence-electron chi connectivity index (χ4n) is 6.60. The Labute approximate surface area is 218 Å². The lowest BCUT2D eigenvalue weighted by molar-refractivity contribution is -0.147. The highest BCUT2D eigenvalue weighted by Crippen LogP contribution is 2.54. The molecule has 0 saturated carbocycles. The molecule has 198 valence electrons. The second-order valence-electron chi connectivity index (χ2n) is 11.0. The third kappa shape index (κ3) is 3.76. The molecule has 1 unspecified atom stereocenters. The molecule has 8 nitrogen and oxygen atoms in total. The van der Waals surface area contributed by atoms with E-state index in [0.717, 1.165) is 23.2 Å². The van der Waals surface area contributed by atoms with E-state index in [1.165, 1.54) is 0 Å². The van der Waals surface area contributed by atoms with Gasteiger partial charge in [-0.3, -0.25) is 14.4 Å². The van der Waals surface area contributed by atoms with Gasteiger partial charge in [-0.25, -0.2) is 0 Å². The topological polar surface area (TPSA) is 90.4 Å². The van der Waals surface area contributed by atoms with Gasteiger partial charge in [-0.2, -0.15) is 0 Å². The minimum Gasteiger partial charge on any atom is -0.394 e. The maximum absolute atomic E-state index is 14.6. The molecule has 1 aromatic carbocycles. The number of hydrogen-bond donors (Lipinski definition) is 1. The number of hydrogen-bond acceptors (Lipinski definition) is 5. The molecular formula is C29H37N3O5. The number of benzene rings is 1. The Hall–Kier alpha value is -2.97. The summed E-state index contributed by atoms with van der Waals surface area (Å²) < 4.78 is 6.66. The highest BCUT2D eigenvalue weighted by molar-refractivity contribution is 6.06. The van der Waals surface area contributed by atoms with Crippen molar-refractivity contribution in [2.24, 2.45) is 17.8 Å². The average molecular weight is 508 g/mol. The monoisotopic (exact) mass is 507 g/mol. The van der Waals surface area contributed by atoms with Crippen LogP contribution in [0.1, 0.15) is 31.4 Å². The molecule has 4 aliphatic heterocycles. The number of ether oxygens (including phenoxy) is 1. The molecule has 1 aromatic rings. The van der Waals surface area contributed by atoms with E-state index in [1.54, 1.807) is 21.7 Å². The van der Waals surface area contributed by atoms with E-state index in [1.807, 2.05) is 70.2 Å². The first-order valence-electron chi connectivity index (χ1n) is 13.2. The first-order chi connectivity index (χ1) is 17.7. The van der Waals surface area contributed by atoms with Crippen LogP contribution in [0.5, 0.6) is 0 Å². The normalized spacial score (nSPS) is 32.7. The zero-order valence-electron chi connectivity index (χ0n) is 22.3. The maximum atomic E-state index is 14.6. The first kappa shape index (κ1) is 25.7. The van der Waals surface area contributed by atoms with Crippen LogP contribution in [0, 0.1) is 31.6 Å². The van der Waals surface area contributed by atoms with E-state index >= 15 is 0 Å². The molecule has 4 heterocycles. The zero-order chi connectivity index (χ0) is 26.6. The molecule has 8 heteroatoms. The smallest absolute Gasteiger partial charge is 0.253 e. The first-order valence-corrected chi connectivity index (χ1v) is 13.2. The van der Waals surface area contributed by atoms with Crippen LogP contribution >= 0.6 is 0 Å². The number of likely N-dealkylation sites (N-methyl/N-ethyl adjacent to an activating group) is 1. The van der Waals surface area contributed by atoms with Gasteiger partial charge in [0, 0.05) is 25.8 Å². The molecule has 5 rings (SSSR count). The van der Waals surface area contributed by atoms with Gasteiger partial charge < -0.3 is 24.5 Å². The van der Waals surface area contributed by atoms with Gasteiger partial charge in [0.25, 0.3) is 5.91 Å². The molecular weight excluding hydrogens is 470 g/mol. The van der Waals surface area contributed by atoms with Gasteiger partial charge in [-0.15, -0.1) is 0 Å². The molecule has 0 aliphatic carbocycles. The van der Waals surface area contributed by atoms with Crippen molar-refractivity contribution in [1.82, 2.24) is 9.80 Å². The summed E-state index contributed by atoms with van der Waals surface area (Å²) in [6.45, 7) is 8.42. The number of aryl methyl sites for hydroxylation is 2.